The zero-order valence-electron chi connectivity index (χ0n) is 13.5. The van der Waals surface area contributed by atoms with Gasteiger partial charge in [0.1, 0.15) is 5.75 Å². The van der Waals surface area contributed by atoms with Crippen LogP contribution >= 0.6 is 34.8 Å². The molecule has 2 aromatic carbocycles. The molecule has 0 aliphatic rings. The van der Waals surface area contributed by atoms with Crippen LogP contribution in [0.4, 0.5) is 5.69 Å². The van der Waals surface area contributed by atoms with E-state index < -0.39 is 0 Å². The zero-order valence-corrected chi connectivity index (χ0v) is 16.5. The van der Waals surface area contributed by atoms with Crippen LogP contribution in [0.2, 0.25) is 0 Å². The molecule has 0 heterocycles. The van der Waals surface area contributed by atoms with E-state index >= 15 is 0 Å². The molecule has 0 saturated heterocycles. The Hall–Kier alpha value is -1.67. The highest BCUT2D eigenvalue weighted by Crippen LogP contribution is 2.16. The van der Waals surface area contributed by atoms with Crippen LogP contribution in [-0.2, 0) is 0 Å². The molecular weight excluding hydrogens is 435 g/mol. The van der Waals surface area contributed by atoms with Crippen molar-refractivity contribution in [3.63, 3.8) is 0 Å². The van der Waals surface area contributed by atoms with Crippen LogP contribution in [-0.4, -0.2) is 17.1 Å². The summed E-state index contributed by atoms with van der Waals surface area (Å²) in [5, 5.41) is 5.93. The van der Waals surface area contributed by atoms with Crippen LogP contribution in [0.3, 0.4) is 0 Å². The highest BCUT2D eigenvalue weighted by Gasteiger charge is 2.10. The van der Waals surface area contributed by atoms with E-state index in [9.17, 15) is 4.79 Å². The van der Waals surface area contributed by atoms with E-state index in [1.165, 1.54) is 0 Å². The Labute approximate surface area is 161 Å². The molecule has 24 heavy (non-hydrogen) atoms. The summed E-state index contributed by atoms with van der Waals surface area (Å²) in [4.78, 5) is 12.3. The van der Waals surface area contributed by atoms with Crippen molar-refractivity contribution in [3.05, 3.63) is 57.7 Å². The third kappa shape index (κ3) is 5.76. The van der Waals surface area contributed by atoms with Crippen molar-refractivity contribution in [1.82, 2.24) is 5.32 Å². The Balaban J connectivity index is 1.97. The van der Waals surface area contributed by atoms with Crippen LogP contribution in [0, 0.1) is 3.57 Å². The van der Waals surface area contributed by atoms with E-state index in [0.717, 1.165) is 15.7 Å². The quantitative estimate of drug-likeness (QED) is 0.513. The van der Waals surface area contributed by atoms with E-state index in [-0.39, 0.29) is 17.1 Å². The lowest BCUT2D eigenvalue weighted by atomic mass is 10.2. The zero-order chi connectivity index (χ0) is 17.5. The maximum absolute atomic E-state index is 12.3. The Kier molecular flexibility index (Phi) is 6.99. The molecule has 4 nitrogen and oxygen atoms in total. The topological polar surface area (TPSA) is 50.4 Å². The number of rotatable bonds is 5. The summed E-state index contributed by atoms with van der Waals surface area (Å²) in [6, 6.07) is 14.8. The van der Waals surface area contributed by atoms with Crippen molar-refractivity contribution in [1.29, 1.82) is 0 Å². The highest BCUT2D eigenvalue weighted by atomic mass is 127. The van der Waals surface area contributed by atoms with E-state index in [2.05, 4.69) is 40.1 Å². The maximum Gasteiger partial charge on any atom is 0.257 e. The van der Waals surface area contributed by atoms with Crippen molar-refractivity contribution < 1.29 is 9.53 Å². The molecule has 2 N–H and O–H groups in total. The van der Waals surface area contributed by atoms with Gasteiger partial charge in [0.05, 0.1) is 6.10 Å². The molecular formula is C18H19IN2O2S. The molecule has 126 valence electrons. The summed E-state index contributed by atoms with van der Waals surface area (Å²) >= 11 is 7.42. The first-order valence-electron chi connectivity index (χ1n) is 7.62. The van der Waals surface area contributed by atoms with Crippen molar-refractivity contribution in [2.75, 3.05) is 5.32 Å². The predicted octanol–water partition coefficient (Wildman–Crippen LogP) is 4.60. The minimum absolute atomic E-state index is 0.104. The number of amides is 1. The molecule has 0 spiro atoms. The summed E-state index contributed by atoms with van der Waals surface area (Å²) in [7, 11) is 0. The first-order valence-corrected chi connectivity index (χ1v) is 9.11. The summed E-state index contributed by atoms with van der Waals surface area (Å²) in [5.41, 5.74) is 1.33. The monoisotopic (exact) mass is 454 g/mol. The standard InChI is InChI=1S/C18H19IN2O2S/c1-3-12(2)23-16-6-4-5-13(11-16)17(22)21-18(24)20-15-9-7-14(19)8-10-15/h4-12H,3H2,1-2H3,(H2,20,21,22,24). The molecule has 0 aliphatic heterocycles. The first-order chi connectivity index (χ1) is 11.5. The second-order valence-electron chi connectivity index (χ2n) is 5.28. The number of anilines is 1. The van der Waals surface area contributed by atoms with Crippen molar-refractivity contribution in [3.8, 4) is 5.75 Å². The Morgan fingerprint density at radius 2 is 1.96 bits per heavy atom. The van der Waals surface area contributed by atoms with Crippen LogP contribution in [0.15, 0.2) is 48.5 Å². The molecule has 0 radical (unpaired) electrons. The molecule has 0 saturated carbocycles. The summed E-state index contributed by atoms with van der Waals surface area (Å²) in [6.07, 6.45) is 1.01. The van der Waals surface area contributed by atoms with Crippen LogP contribution < -0.4 is 15.4 Å². The lowest BCUT2D eigenvalue weighted by Crippen LogP contribution is -2.34. The third-order valence-corrected chi connectivity index (χ3v) is 4.26. The Morgan fingerprint density at radius 3 is 2.62 bits per heavy atom. The lowest BCUT2D eigenvalue weighted by molar-refractivity contribution is 0.0977. The van der Waals surface area contributed by atoms with Gasteiger partial charge in [-0.15, -0.1) is 0 Å². The van der Waals surface area contributed by atoms with Gasteiger partial charge in [0.15, 0.2) is 5.11 Å². The molecule has 1 amide bonds. The van der Waals surface area contributed by atoms with Gasteiger partial charge in [-0.1, -0.05) is 13.0 Å². The molecule has 2 rings (SSSR count). The number of nitrogens with one attached hydrogen (secondary N) is 2. The van der Waals surface area contributed by atoms with Gasteiger partial charge in [0.2, 0.25) is 0 Å². The summed E-state index contributed by atoms with van der Waals surface area (Å²) in [5.74, 6) is 0.404. The second-order valence-corrected chi connectivity index (χ2v) is 6.93. The average molecular weight is 454 g/mol. The van der Waals surface area contributed by atoms with Crippen LogP contribution in [0.5, 0.6) is 5.75 Å². The van der Waals surface area contributed by atoms with Gasteiger partial charge >= 0.3 is 0 Å². The van der Waals surface area contributed by atoms with Gasteiger partial charge in [-0.25, -0.2) is 0 Å². The Bertz CT molecular complexity index is 719. The smallest absolute Gasteiger partial charge is 0.257 e. The number of hydrogen-bond donors (Lipinski definition) is 2. The summed E-state index contributed by atoms with van der Waals surface area (Å²) in [6.45, 7) is 4.04. The summed E-state index contributed by atoms with van der Waals surface area (Å²) < 4.78 is 6.87. The molecule has 1 unspecified atom stereocenters. The predicted molar refractivity (Wildman–Crippen MR) is 110 cm³/mol. The molecule has 0 aliphatic carbocycles. The number of ether oxygens (including phenoxy) is 1. The lowest BCUT2D eigenvalue weighted by Gasteiger charge is -2.14. The number of thiocarbonyl (C=S) groups is 1. The number of benzene rings is 2. The highest BCUT2D eigenvalue weighted by molar-refractivity contribution is 14.1. The molecule has 0 bridgehead atoms. The molecule has 6 heteroatoms. The minimum Gasteiger partial charge on any atom is -0.491 e. The van der Waals surface area contributed by atoms with Gasteiger partial charge in [0, 0.05) is 14.8 Å². The number of hydrogen-bond acceptors (Lipinski definition) is 3. The average Bonchev–Trinajstić information content (AvgIpc) is 2.57. The van der Waals surface area contributed by atoms with E-state index in [0.29, 0.717) is 11.3 Å². The molecule has 0 aromatic heterocycles. The fraction of sp³-hybridized carbons (Fsp3) is 0.222. The fourth-order valence-electron chi connectivity index (χ4n) is 1.90. The van der Waals surface area contributed by atoms with Gasteiger partial charge in [0.25, 0.3) is 5.91 Å². The Morgan fingerprint density at radius 1 is 1.25 bits per heavy atom. The van der Waals surface area contributed by atoms with Crippen molar-refractivity contribution >= 4 is 51.5 Å². The normalized spacial score (nSPS) is 11.5. The SMILES string of the molecule is CCC(C)Oc1cccc(C(=O)NC(=S)Nc2ccc(I)cc2)c1. The second kappa shape index (κ2) is 8.98. The van der Waals surface area contributed by atoms with E-state index in [1.807, 2.05) is 37.3 Å². The number of carbonyl (C=O) groups is 1. The maximum atomic E-state index is 12.3. The largest absolute Gasteiger partial charge is 0.491 e. The van der Waals surface area contributed by atoms with Gasteiger partial charge in [-0.05, 0) is 90.6 Å². The van der Waals surface area contributed by atoms with Gasteiger partial charge in [-0.2, -0.15) is 0 Å². The van der Waals surface area contributed by atoms with Crippen LogP contribution in [0.1, 0.15) is 30.6 Å². The third-order valence-electron chi connectivity index (χ3n) is 3.34. The van der Waals surface area contributed by atoms with E-state index in [4.69, 9.17) is 17.0 Å². The van der Waals surface area contributed by atoms with Gasteiger partial charge in [-0.3, -0.25) is 10.1 Å². The fourth-order valence-corrected chi connectivity index (χ4v) is 2.47. The first kappa shape index (κ1) is 18.7. The van der Waals surface area contributed by atoms with E-state index in [1.54, 1.807) is 18.2 Å². The molecule has 1 atom stereocenters. The molecule has 0 fully saturated rings. The van der Waals surface area contributed by atoms with Gasteiger partial charge < -0.3 is 10.1 Å². The van der Waals surface area contributed by atoms with Crippen molar-refractivity contribution in [2.45, 2.75) is 26.4 Å². The minimum atomic E-state index is -0.271. The van der Waals surface area contributed by atoms with Crippen molar-refractivity contribution in [2.24, 2.45) is 0 Å². The van der Waals surface area contributed by atoms with Crippen LogP contribution in [0.25, 0.3) is 0 Å². The molecule has 2 aromatic rings. The number of halogens is 1. The number of carbonyl (C=O) groups excluding carboxylic acids is 1.